The standard InChI is InChI=1S/C29H21ClF3N3O6.C22H21F3N4O4.2CH4/c1-2-42-28(41)20-24(37)22-23(21(30)16(12-34-22)11-15-7-9-17(31)10-8-15)35(27(20)40)13-29(32,33)14-36-25(38)18-5-3-4-6-19(18)26(36)39;1-11(8-30)28-20(32)15-19(31)17-18-16(27-9-22(24,25)10-29(18)21(15)33)13(7-26-17)6-12-2-4-14(23)5-3-12;;/h3-10,12,37H,2,11,13-14H2,1H3;2-5,7,11,27,30-31H,6,8-10H2,1H3,(H,28,32);2*1H4/t;11-;;/m.0../s1. The maximum absolute atomic E-state index is 15.7. The number of nitrogens with zero attached hydrogens (tertiary/aromatic N) is 5. The summed E-state index contributed by atoms with van der Waals surface area (Å²) in [5.74, 6) is -13.9. The zero-order chi connectivity index (χ0) is 54.3. The normalized spacial score (nSPS) is 13.8. The van der Waals surface area contributed by atoms with E-state index in [1.807, 2.05) is 0 Å². The molecule has 0 saturated heterocycles. The average Bonchev–Trinajstić information content (AvgIpc) is 3.55. The topological polar surface area (TPSA) is 235 Å². The molecule has 406 valence electrons. The van der Waals surface area contributed by atoms with E-state index in [-0.39, 0.29) is 72.7 Å². The summed E-state index contributed by atoms with van der Waals surface area (Å²) in [6.45, 7) is -2.33. The van der Waals surface area contributed by atoms with Gasteiger partial charge >= 0.3 is 5.97 Å². The van der Waals surface area contributed by atoms with Crippen LogP contribution in [0.3, 0.4) is 0 Å². The third kappa shape index (κ3) is 11.6. The number of carbonyl (C=O) groups is 4. The van der Waals surface area contributed by atoms with Crippen LogP contribution < -0.4 is 21.8 Å². The minimum atomic E-state index is -3.91. The number of alkyl halides is 4. The second-order valence-electron chi connectivity index (χ2n) is 17.6. The van der Waals surface area contributed by atoms with E-state index in [4.69, 9.17) is 21.4 Å². The number of aliphatic hydroxyl groups is 1. The molecule has 6 heterocycles. The van der Waals surface area contributed by atoms with Crippen molar-refractivity contribution >= 4 is 63.0 Å². The molecular formula is C53H50ClF6N7O10. The Morgan fingerprint density at radius 2 is 1.32 bits per heavy atom. The van der Waals surface area contributed by atoms with E-state index in [0.717, 1.165) is 4.57 Å². The van der Waals surface area contributed by atoms with Crippen molar-refractivity contribution in [2.24, 2.45) is 0 Å². The molecule has 0 spiro atoms. The molecular weight excluding hydrogens is 1040 g/mol. The summed E-state index contributed by atoms with van der Waals surface area (Å²) < 4.78 is 93.1. The van der Waals surface area contributed by atoms with Crippen LogP contribution in [0.25, 0.3) is 22.1 Å². The van der Waals surface area contributed by atoms with E-state index >= 15 is 8.78 Å². The van der Waals surface area contributed by atoms with E-state index in [1.54, 1.807) is 0 Å². The van der Waals surface area contributed by atoms with Gasteiger partial charge in [-0.2, -0.15) is 0 Å². The first-order valence-corrected chi connectivity index (χ1v) is 23.1. The summed E-state index contributed by atoms with van der Waals surface area (Å²) in [5.41, 5.74) is -3.14. The number of aromatic nitrogens is 4. The number of imide groups is 1. The summed E-state index contributed by atoms with van der Waals surface area (Å²) in [5, 5.41) is 35.5. The number of aromatic hydroxyl groups is 2. The number of fused-ring (bicyclic) bond motifs is 2. The van der Waals surface area contributed by atoms with Crippen LogP contribution in [0.1, 0.15) is 92.4 Å². The van der Waals surface area contributed by atoms with Gasteiger partial charge in [0.05, 0.1) is 72.3 Å². The molecule has 3 amide bonds. The Labute approximate surface area is 439 Å². The third-order valence-electron chi connectivity index (χ3n) is 12.1. The van der Waals surface area contributed by atoms with Crippen LogP contribution in [-0.4, -0.2) is 107 Å². The Morgan fingerprint density at radius 3 is 1.87 bits per heavy atom. The van der Waals surface area contributed by atoms with Gasteiger partial charge < -0.3 is 30.7 Å². The maximum Gasteiger partial charge on any atom is 0.347 e. The van der Waals surface area contributed by atoms with Gasteiger partial charge in [-0.25, -0.2) is 31.1 Å². The van der Waals surface area contributed by atoms with Crippen molar-refractivity contribution in [1.29, 1.82) is 0 Å². The molecule has 24 heteroatoms. The quantitative estimate of drug-likeness (QED) is 0.0421. The molecule has 3 aromatic carbocycles. The number of benzene rings is 3. The molecule has 7 aromatic rings. The average molecular weight is 1090 g/mol. The summed E-state index contributed by atoms with van der Waals surface area (Å²) in [7, 11) is 0. The highest BCUT2D eigenvalue weighted by Gasteiger charge is 2.44. The molecule has 0 saturated carbocycles. The highest BCUT2D eigenvalue weighted by atomic mass is 35.5. The van der Waals surface area contributed by atoms with Gasteiger partial charge in [0.25, 0.3) is 40.7 Å². The molecule has 2 aliphatic heterocycles. The Morgan fingerprint density at radius 1 is 0.805 bits per heavy atom. The van der Waals surface area contributed by atoms with Crippen molar-refractivity contribution in [2.45, 2.75) is 72.5 Å². The number of ether oxygens (including phenoxy) is 1. The number of anilines is 1. The van der Waals surface area contributed by atoms with Crippen LogP contribution in [0.15, 0.2) is 94.8 Å². The molecule has 2 aliphatic rings. The largest absolute Gasteiger partial charge is 0.505 e. The maximum atomic E-state index is 15.7. The second-order valence-corrected chi connectivity index (χ2v) is 17.9. The van der Waals surface area contributed by atoms with E-state index < -0.39 is 131 Å². The number of nitrogens with one attached hydrogen (secondary N) is 2. The van der Waals surface area contributed by atoms with Crippen LogP contribution in [0.4, 0.5) is 32.0 Å². The van der Waals surface area contributed by atoms with Crippen LogP contribution in [-0.2, 0) is 30.7 Å². The molecule has 0 aliphatic carbocycles. The second kappa shape index (κ2) is 22.9. The molecule has 5 N–H and O–H groups in total. The van der Waals surface area contributed by atoms with Gasteiger partial charge in [0.1, 0.15) is 28.2 Å². The molecule has 0 radical (unpaired) electrons. The molecule has 0 bridgehead atoms. The fourth-order valence-corrected chi connectivity index (χ4v) is 8.86. The first-order valence-electron chi connectivity index (χ1n) is 22.8. The first kappa shape index (κ1) is 58.0. The molecule has 77 heavy (non-hydrogen) atoms. The van der Waals surface area contributed by atoms with Crippen LogP contribution in [0.5, 0.6) is 11.5 Å². The minimum absolute atomic E-state index is 0. The number of aliphatic hydroxyl groups excluding tert-OH is 1. The highest BCUT2D eigenvalue weighted by Crippen LogP contribution is 2.38. The predicted molar refractivity (Wildman–Crippen MR) is 272 cm³/mol. The van der Waals surface area contributed by atoms with Gasteiger partial charge in [-0.3, -0.25) is 48.0 Å². The fraction of sp³-hybridized carbons (Fsp3) is 0.283. The summed E-state index contributed by atoms with van der Waals surface area (Å²) >= 11 is 6.61. The number of hydrogen-bond acceptors (Lipinski definition) is 13. The predicted octanol–water partition coefficient (Wildman–Crippen LogP) is 7.87. The smallest absolute Gasteiger partial charge is 0.347 e. The summed E-state index contributed by atoms with van der Waals surface area (Å²) in [6, 6.07) is 15.9. The lowest BCUT2D eigenvalue weighted by Crippen LogP contribution is -2.44. The third-order valence-corrected chi connectivity index (χ3v) is 12.5. The monoisotopic (exact) mass is 1090 g/mol. The van der Waals surface area contributed by atoms with Gasteiger partial charge in [-0.15, -0.1) is 0 Å². The Balaban J connectivity index is 0.000000250. The Kier molecular flexibility index (Phi) is 17.2. The molecule has 0 unspecified atom stereocenters. The van der Waals surface area contributed by atoms with E-state index in [9.17, 15) is 56.5 Å². The Bertz CT molecular complexity index is 3540. The van der Waals surface area contributed by atoms with Gasteiger partial charge in [-0.1, -0.05) is 62.9 Å². The van der Waals surface area contributed by atoms with Crippen LogP contribution in [0, 0.1) is 11.6 Å². The lowest BCUT2D eigenvalue weighted by atomic mass is 10.0. The van der Waals surface area contributed by atoms with Gasteiger partial charge in [-0.05, 0) is 66.9 Å². The van der Waals surface area contributed by atoms with E-state index in [1.165, 1.54) is 99.0 Å². The van der Waals surface area contributed by atoms with Crippen LogP contribution in [0.2, 0.25) is 5.02 Å². The number of pyridine rings is 4. The lowest BCUT2D eigenvalue weighted by Gasteiger charge is -2.24. The summed E-state index contributed by atoms with van der Waals surface area (Å²) in [6.07, 6.45) is 2.84. The number of hydrogen-bond donors (Lipinski definition) is 5. The lowest BCUT2D eigenvalue weighted by molar-refractivity contribution is -0.0359. The zero-order valence-electron chi connectivity index (χ0n) is 39.4. The van der Waals surface area contributed by atoms with E-state index in [0.29, 0.717) is 26.2 Å². The number of rotatable bonds is 13. The highest BCUT2D eigenvalue weighted by molar-refractivity contribution is 6.36. The van der Waals surface area contributed by atoms with Crippen molar-refractivity contribution in [3.05, 3.63) is 167 Å². The first-order chi connectivity index (χ1) is 35.5. The van der Waals surface area contributed by atoms with Gasteiger partial charge in [0.2, 0.25) is 0 Å². The molecule has 17 nitrogen and oxygen atoms in total. The van der Waals surface area contributed by atoms with E-state index in [2.05, 4.69) is 20.6 Å². The van der Waals surface area contributed by atoms with Gasteiger partial charge in [0, 0.05) is 36.8 Å². The van der Waals surface area contributed by atoms with Crippen molar-refractivity contribution in [3.63, 3.8) is 0 Å². The SMILES string of the molecule is C.C.CCOC(=O)c1c(O)c2ncc(Cc3ccc(F)cc3)c(Cl)c2n(CC(F)(F)CN2C(=O)c3ccccc3C2=O)c1=O.C[C@@H](CO)NC(=O)c1c(O)c2ncc(Cc3ccc(F)cc3)c3c2n(c1=O)CC(F)(F)CN3. The van der Waals surface area contributed by atoms with Crippen molar-refractivity contribution < 1.29 is 65.6 Å². The molecule has 0 fully saturated rings. The number of amides is 3. The number of esters is 1. The number of halogens is 7. The van der Waals surface area contributed by atoms with Crippen LogP contribution >= 0.6 is 11.6 Å². The Hall–Kier alpha value is -8.31. The molecule has 4 aromatic heterocycles. The van der Waals surface area contributed by atoms with Crippen molar-refractivity contribution in [3.8, 4) is 11.5 Å². The fourth-order valence-electron chi connectivity index (χ4n) is 8.56. The molecule has 1 atom stereocenters. The van der Waals surface area contributed by atoms with Crippen molar-refractivity contribution in [2.75, 3.05) is 31.6 Å². The minimum Gasteiger partial charge on any atom is -0.505 e. The van der Waals surface area contributed by atoms with Crippen molar-refractivity contribution in [1.82, 2.24) is 29.3 Å². The zero-order valence-corrected chi connectivity index (χ0v) is 40.2. The molecule has 9 rings (SSSR count). The van der Waals surface area contributed by atoms with Gasteiger partial charge in [0.15, 0.2) is 17.1 Å². The summed E-state index contributed by atoms with van der Waals surface area (Å²) in [4.78, 5) is 85.9. The number of carbonyl (C=O) groups excluding carboxylic acids is 4.